The maximum atomic E-state index is 13.1. The van der Waals surface area contributed by atoms with Crippen LogP contribution in [0.1, 0.15) is 55.4 Å². The molecular formula is C21H32ClN5O2. The minimum Gasteiger partial charge on any atom is -0.390 e. The monoisotopic (exact) mass is 421 g/mol. The molecule has 2 heterocycles. The summed E-state index contributed by atoms with van der Waals surface area (Å²) in [5.41, 5.74) is -0.183. The van der Waals surface area contributed by atoms with Crippen LogP contribution >= 0.6 is 11.6 Å². The van der Waals surface area contributed by atoms with E-state index in [1.807, 2.05) is 14.1 Å². The van der Waals surface area contributed by atoms with Crippen LogP contribution < -0.4 is 15.5 Å². The van der Waals surface area contributed by atoms with Gasteiger partial charge in [0.05, 0.1) is 5.60 Å². The fraction of sp³-hybridized carbons (Fsp3) is 0.810. The molecule has 5 aliphatic rings. The van der Waals surface area contributed by atoms with E-state index in [1.165, 1.54) is 0 Å². The Morgan fingerprint density at radius 2 is 2.07 bits per heavy atom. The predicted octanol–water partition coefficient (Wildman–Crippen LogP) is 1.93. The van der Waals surface area contributed by atoms with E-state index in [0.717, 1.165) is 63.9 Å². The van der Waals surface area contributed by atoms with Gasteiger partial charge in [-0.1, -0.05) is 11.6 Å². The van der Waals surface area contributed by atoms with Crippen LogP contribution in [0.5, 0.6) is 0 Å². The smallest absolute Gasteiger partial charge is 0.273 e. The zero-order valence-corrected chi connectivity index (χ0v) is 18.1. The lowest BCUT2D eigenvalue weighted by Gasteiger charge is -2.58. The van der Waals surface area contributed by atoms with Gasteiger partial charge in [-0.15, -0.1) is 0 Å². The first-order valence-corrected chi connectivity index (χ1v) is 11.4. The van der Waals surface area contributed by atoms with E-state index in [9.17, 15) is 9.90 Å². The summed E-state index contributed by atoms with van der Waals surface area (Å²) in [6.45, 7) is 1.96. The molecule has 0 radical (unpaired) electrons. The molecule has 160 valence electrons. The number of amides is 1. The van der Waals surface area contributed by atoms with Crippen LogP contribution in [0.25, 0.3) is 0 Å². The summed E-state index contributed by atoms with van der Waals surface area (Å²) in [5.74, 6) is 1.97. The van der Waals surface area contributed by atoms with Crippen LogP contribution in [0.4, 0.5) is 5.82 Å². The summed E-state index contributed by atoms with van der Waals surface area (Å²) in [6, 6.07) is 0.471. The average molecular weight is 422 g/mol. The molecule has 1 aliphatic heterocycles. The van der Waals surface area contributed by atoms with Crippen molar-refractivity contribution in [2.75, 3.05) is 25.0 Å². The molecule has 1 amide bonds. The fourth-order valence-electron chi connectivity index (χ4n) is 6.79. The first kappa shape index (κ1) is 19.6. The van der Waals surface area contributed by atoms with E-state index in [2.05, 4.69) is 20.6 Å². The third kappa shape index (κ3) is 3.35. The Labute approximate surface area is 177 Å². The topological polar surface area (TPSA) is 82.4 Å². The highest BCUT2D eigenvalue weighted by molar-refractivity contribution is 6.36. The third-order valence-corrected chi connectivity index (χ3v) is 8.22. The van der Waals surface area contributed by atoms with Crippen molar-refractivity contribution in [3.05, 3.63) is 10.7 Å². The van der Waals surface area contributed by atoms with Gasteiger partial charge in [0.15, 0.2) is 5.69 Å². The van der Waals surface area contributed by atoms with Gasteiger partial charge in [0.2, 0.25) is 0 Å². The van der Waals surface area contributed by atoms with Gasteiger partial charge in [0, 0.05) is 32.7 Å². The highest BCUT2D eigenvalue weighted by Gasteiger charge is 2.55. The Balaban J connectivity index is 1.33. The number of nitrogens with zero attached hydrogens (tertiary/aromatic N) is 3. The van der Waals surface area contributed by atoms with E-state index in [1.54, 1.807) is 4.68 Å². The van der Waals surface area contributed by atoms with E-state index >= 15 is 0 Å². The highest BCUT2D eigenvalue weighted by Crippen LogP contribution is 2.55. The SMILES string of the molecule is CN(c1c(Cl)c(C(=O)N[C@H]2C3CC4CC2C[C@](O)(C4)C3)nn1C)[C@@H]1CCCNC1. The number of aromatic nitrogens is 2. The van der Waals surface area contributed by atoms with Crippen molar-refractivity contribution in [3.63, 3.8) is 0 Å². The van der Waals surface area contributed by atoms with E-state index in [4.69, 9.17) is 11.6 Å². The number of nitrogens with one attached hydrogen (secondary N) is 2. The minimum atomic E-state index is -0.496. The average Bonchev–Trinajstić information content (AvgIpc) is 2.97. The largest absolute Gasteiger partial charge is 0.390 e. The van der Waals surface area contributed by atoms with Crippen molar-refractivity contribution in [1.82, 2.24) is 20.4 Å². The number of hydrogen-bond donors (Lipinski definition) is 3. The zero-order valence-electron chi connectivity index (χ0n) is 17.3. The molecule has 0 spiro atoms. The van der Waals surface area contributed by atoms with Gasteiger partial charge in [-0.3, -0.25) is 9.48 Å². The van der Waals surface area contributed by atoms with Crippen LogP contribution in [0.2, 0.25) is 5.02 Å². The molecule has 3 N–H and O–H groups in total. The summed E-state index contributed by atoms with van der Waals surface area (Å²) in [6.07, 6.45) is 7.02. The number of piperidine rings is 1. The fourth-order valence-corrected chi connectivity index (χ4v) is 7.17. The molecule has 1 aromatic rings. The van der Waals surface area contributed by atoms with Gasteiger partial charge in [0.25, 0.3) is 5.91 Å². The highest BCUT2D eigenvalue weighted by atomic mass is 35.5. The van der Waals surface area contributed by atoms with Crippen molar-refractivity contribution >= 4 is 23.3 Å². The number of carbonyl (C=O) groups excluding carboxylic acids is 1. The second kappa shape index (κ2) is 7.13. The zero-order chi connectivity index (χ0) is 20.3. The lowest BCUT2D eigenvalue weighted by atomic mass is 9.52. The summed E-state index contributed by atoms with van der Waals surface area (Å²) in [5, 5.41) is 22.4. The molecule has 7 nitrogen and oxygen atoms in total. The molecule has 1 saturated heterocycles. The van der Waals surface area contributed by atoms with Gasteiger partial charge < -0.3 is 20.6 Å². The first-order chi connectivity index (χ1) is 13.8. The molecule has 2 unspecified atom stereocenters. The molecule has 4 saturated carbocycles. The molecule has 0 aromatic carbocycles. The molecular weight excluding hydrogens is 390 g/mol. The third-order valence-electron chi connectivity index (χ3n) is 7.87. The van der Waals surface area contributed by atoms with Crippen LogP contribution in [0.3, 0.4) is 0 Å². The van der Waals surface area contributed by atoms with Crippen LogP contribution in [-0.2, 0) is 7.05 Å². The number of aryl methyl sites for hydroxylation is 1. The van der Waals surface area contributed by atoms with E-state index in [-0.39, 0.29) is 11.9 Å². The number of rotatable bonds is 4. The van der Waals surface area contributed by atoms with Crippen LogP contribution in [0, 0.1) is 17.8 Å². The van der Waals surface area contributed by atoms with Crippen molar-refractivity contribution < 1.29 is 9.90 Å². The lowest BCUT2D eigenvalue weighted by Crippen LogP contribution is -2.61. The van der Waals surface area contributed by atoms with E-state index in [0.29, 0.717) is 34.5 Å². The van der Waals surface area contributed by atoms with Gasteiger partial charge in [-0.2, -0.15) is 5.10 Å². The Kier molecular flexibility index (Phi) is 4.83. The number of halogens is 1. The second-order valence-electron chi connectivity index (χ2n) is 9.91. The van der Waals surface area contributed by atoms with Gasteiger partial charge in [-0.25, -0.2) is 0 Å². The summed E-state index contributed by atoms with van der Waals surface area (Å²) < 4.78 is 1.73. The maximum absolute atomic E-state index is 13.1. The van der Waals surface area contributed by atoms with Gasteiger partial charge >= 0.3 is 0 Å². The molecule has 4 bridgehead atoms. The van der Waals surface area contributed by atoms with Gasteiger partial charge in [-0.05, 0) is 69.2 Å². The number of anilines is 1. The van der Waals surface area contributed by atoms with Gasteiger partial charge in [0.1, 0.15) is 10.8 Å². The quantitative estimate of drug-likeness (QED) is 0.692. The lowest BCUT2D eigenvalue weighted by molar-refractivity contribution is -0.136. The van der Waals surface area contributed by atoms with Crippen molar-refractivity contribution in [2.45, 2.75) is 62.6 Å². The number of carbonyl (C=O) groups is 1. The molecule has 4 aliphatic carbocycles. The molecule has 3 atom stereocenters. The Morgan fingerprint density at radius 3 is 2.69 bits per heavy atom. The summed E-state index contributed by atoms with van der Waals surface area (Å²) in [7, 11) is 3.88. The number of likely N-dealkylation sites (N-methyl/N-ethyl adjacent to an activating group) is 1. The molecule has 29 heavy (non-hydrogen) atoms. The Morgan fingerprint density at radius 1 is 1.34 bits per heavy atom. The van der Waals surface area contributed by atoms with Crippen LogP contribution in [-0.4, -0.2) is 58.6 Å². The molecule has 8 heteroatoms. The molecule has 6 rings (SSSR count). The number of hydrogen-bond acceptors (Lipinski definition) is 5. The number of aliphatic hydroxyl groups is 1. The minimum absolute atomic E-state index is 0.126. The normalized spacial score (nSPS) is 38.3. The van der Waals surface area contributed by atoms with Crippen LogP contribution in [0.15, 0.2) is 0 Å². The van der Waals surface area contributed by atoms with Crippen molar-refractivity contribution in [1.29, 1.82) is 0 Å². The van der Waals surface area contributed by atoms with Crippen molar-refractivity contribution in [3.8, 4) is 0 Å². The van der Waals surface area contributed by atoms with Crippen molar-refractivity contribution in [2.24, 2.45) is 24.8 Å². The predicted molar refractivity (Wildman–Crippen MR) is 112 cm³/mol. The summed E-state index contributed by atoms with van der Waals surface area (Å²) >= 11 is 6.68. The summed E-state index contributed by atoms with van der Waals surface area (Å²) in [4.78, 5) is 15.3. The second-order valence-corrected chi connectivity index (χ2v) is 10.3. The molecule has 1 aromatic heterocycles. The van der Waals surface area contributed by atoms with E-state index < -0.39 is 5.60 Å². The Bertz CT molecular complexity index is 789. The Hall–Kier alpha value is -1.31. The standard InChI is InChI=1S/C21H32ClN5O2/c1-26(15-4-3-5-23-11-15)20-16(22)18(25-27(20)2)19(28)24-17-13-6-12-7-14(17)10-21(29,8-12)9-13/h12-15,17,23,29H,3-11H2,1-2H3,(H,24,28)/t12?,13?,14?,15-,17-,21-/m1/s1. The molecule has 5 fully saturated rings. The first-order valence-electron chi connectivity index (χ1n) is 11.0. The maximum Gasteiger partial charge on any atom is 0.273 e.